The Balaban J connectivity index is 1.42. The largest absolute Gasteiger partial charge is 0.466 e. The van der Waals surface area contributed by atoms with Crippen molar-refractivity contribution in [3.05, 3.63) is 70.9 Å². The third-order valence-corrected chi connectivity index (χ3v) is 7.97. The lowest BCUT2D eigenvalue weighted by Crippen LogP contribution is -2.36. The second-order valence-electron chi connectivity index (χ2n) is 9.26. The Kier molecular flexibility index (Phi) is 6.76. The molecule has 1 fully saturated rings. The van der Waals surface area contributed by atoms with Crippen LogP contribution in [0.5, 0.6) is 0 Å². The van der Waals surface area contributed by atoms with Gasteiger partial charge >= 0.3 is 5.97 Å². The molecule has 3 aromatic carbocycles. The summed E-state index contributed by atoms with van der Waals surface area (Å²) in [5, 5.41) is 5.34. The highest BCUT2D eigenvalue weighted by atomic mass is 32.1. The number of ether oxygens (including phenoxy) is 2. The summed E-state index contributed by atoms with van der Waals surface area (Å²) in [5.74, 6) is -0.426. The van der Waals surface area contributed by atoms with Crippen LogP contribution in [0.1, 0.15) is 13.3 Å². The molecule has 1 aliphatic heterocycles. The van der Waals surface area contributed by atoms with Gasteiger partial charge in [0.05, 0.1) is 25.2 Å². The highest BCUT2D eigenvalue weighted by Crippen LogP contribution is 2.42. The van der Waals surface area contributed by atoms with Crippen molar-refractivity contribution in [3.8, 4) is 11.1 Å². The highest BCUT2D eigenvalue weighted by Gasteiger charge is 2.19. The third kappa shape index (κ3) is 4.86. The van der Waals surface area contributed by atoms with Crippen molar-refractivity contribution in [2.24, 2.45) is 0 Å². The normalized spacial score (nSPS) is 13.7. The number of fused-ring (bicyclic) bond motifs is 4. The number of nitrogens with one attached hydrogen (secondary N) is 1. The minimum atomic E-state index is -0.555. The van der Waals surface area contributed by atoms with Crippen molar-refractivity contribution in [1.82, 2.24) is 0 Å². The number of amides is 1. The standard InChI is InChI=1S/C30H26N2O6S/c1-2-37-28(35)17-26(34)31-18-9-10-25-23(15-18)21-7-4-6-20(30(21)39-25)19-5-3-8-22-24(33)16-27(38-29(19)22)32-11-13-36-14-12-32/h3-10,15-16H,2,11-14,17H2,1H3,(H,31,34). The van der Waals surface area contributed by atoms with Gasteiger partial charge in [-0.15, -0.1) is 11.3 Å². The molecule has 0 atom stereocenters. The van der Waals surface area contributed by atoms with Gasteiger partial charge in [0.25, 0.3) is 0 Å². The van der Waals surface area contributed by atoms with Crippen LogP contribution in [0.25, 0.3) is 42.3 Å². The Hall–Kier alpha value is -4.21. The van der Waals surface area contributed by atoms with Gasteiger partial charge in [0.15, 0.2) is 11.3 Å². The van der Waals surface area contributed by atoms with Crippen LogP contribution in [0.15, 0.2) is 69.9 Å². The van der Waals surface area contributed by atoms with Crippen LogP contribution in [0, 0.1) is 0 Å². The first-order valence-electron chi connectivity index (χ1n) is 12.8. The molecule has 0 bridgehead atoms. The second kappa shape index (κ2) is 10.5. The molecule has 1 saturated heterocycles. The molecule has 1 amide bonds. The van der Waals surface area contributed by atoms with Crippen molar-refractivity contribution in [1.29, 1.82) is 0 Å². The van der Waals surface area contributed by atoms with Crippen molar-refractivity contribution in [2.75, 3.05) is 43.1 Å². The van der Waals surface area contributed by atoms with Crippen LogP contribution in [-0.2, 0) is 19.1 Å². The molecule has 0 radical (unpaired) electrons. The van der Waals surface area contributed by atoms with Crippen molar-refractivity contribution < 1.29 is 23.5 Å². The summed E-state index contributed by atoms with van der Waals surface area (Å²) >= 11 is 1.64. The minimum Gasteiger partial charge on any atom is -0.466 e. The zero-order valence-electron chi connectivity index (χ0n) is 21.3. The Morgan fingerprint density at radius 3 is 2.54 bits per heavy atom. The second-order valence-corrected chi connectivity index (χ2v) is 10.3. The smallest absolute Gasteiger partial charge is 0.315 e. The number of thiophene rings is 1. The minimum absolute atomic E-state index is 0.0775. The molecule has 0 unspecified atom stereocenters. The van der Waals surface area contributed by atoms with E-state index in [1.165, 1.54) is 0 Å². The molecular formula is C30H26N2O6S. The van der Waals surface area contributed by atoms with Crippen LogP contribution in [0.4, 0.5) is 11.6 Å². The zero-order chi connectivity index (χ0) is 26.9. The highest BCUT2D eigenvalue weighted by molar-refractivity contribution is 7.26. The summed E-state index contributed by atoms with van der Waals surface area (Å²) in [5.41, 5.74) is 2.90. The fourth-order valence-corrected chi connectivity index (χ4v) is 6.16. The first-order chi connectivity index (χ1) is 19.0. The summed E-state index contributed by atoms with van der Waals surface area (Å²) in [7, 11) is 0. The van der Waals surface area contributed by atoms with Crippen molar-refractivity contribution in [2.45, 2.75) is 13.3 Å². The fourth-order valence-electron chi connectivity index (χ4n) is 4.95. The first kappa shape index (κ1) is 25.1. The number of benzene rings is 3. The third-order valence-electron chi connectivity index (χ3n) is 6.75. The molecule has 6 rings (SSSR count). The van der Waals surface area contributed by atoms with Gasteiger partial charge in [-0.3, -0.25) is 14.4 Å². The maximum absolute atomic E-state index is 13.1. The Bertz CT molecular complexity index is 1780. The van der Waals surface area contributed by atoms with E-state index in [1.54, 1.807) is 30.4 Å². The predicted octanol–water partition coefficient (Wildman–Crippen LogP) is 5.56. The van der Waals surface area contributed by atoms with E-state index in [1.807, 2.05) is 53.4 Å². The van der Waals surface area contributed by atoms with Gasteiger partial charge in [-0.2, -0.15) is 0 Å². The Morgan fingerprint density at radius 1 is 0.974 bits per heavy atom. The van der Waals surface area contributed by atoms with Crippen molar-refractivity contribution >= 4 is 65.9 Å². The molecule has 9 heteroatoms. The van der Waals surface area contributed by atoms with Crippen molar-refractivity contribution in [3.63, 3.8) is 0 Å². The van der Waals surface area contributed by atoms with Crippen LogP contribution in [0.2, 0.25) is 0 Å². The topological polar surface area (TPSA) is 98.1 Å². The molecule has 198 valence electrons. The number of morpholine rings is 1. The summed E-state index contributed by atoms with van der Waals surface area (Å²) < 4.78 is 18.8. The lowest BCUT2D eigenvalue weighted by molar-refractivity contribution is -0.145. The van der Waals surface area contributed by atoms with E-state index in [0.717, 1.165) is 31.3 Å². The summed E-state index contributed by atoms with van der Waals surface area (Å²) in [4.78, 5) is 39.1. The maximum Gasteiger partial charge on any atom is 0.315 e. The van der Waals surface area contributed by atoms with Gasteiger partial charge in [-0.05, 0) is 31.2 Å². The molecule has 1 aliphatic rings. The number of rotatable bonds is 6. The molecule has 39 heavy (non-hydrogen) atoms. The van der Waals surface area contributed by atoms with Gasteiger partial charge in [0, 0.05) is 56.1 Å². The van der Waals surface area contributed by atoms with Crippen LogP contribution in [-0.4, -0.2) is 44.8 Å². The average molecular weight is 543 g/mol. The molecule has 8 nitrogen and oxygen atoms in total. The summed E-state index contributed by atoms with van der Waals surface area (Å²) in [6.07, 6.45) is -0.334. The van der Waals surface area contributed by atoms with Gasteiger partial charge in [-0.25, -0.2) is 0 Å². The number of hydrogen-bond donors (Lipinski definition) is 1. The van der Waals surface area contributed by atoms with Crippen LogP contribution in [0.3, 0.4) is 0 Å². The molecule has 0 aliphatic carbocycles. The monoisotopic (exact) mass is 542 g/mol. The van der Waals surface area contributed by atoms with E-state index in [2.05, 4.69) is 5.32 Å². The Labute approximate surface area is 227 Å². The summed E-state index contributed by atoms with van der Waals surface area (Å²) in [6, 6.07) is 19.0. The SMILES string of the molecule is CCOC(=O)CC(=O)Nc1ccc2sc3c(-c4cccc5c(=O)cc(N6CCOCC6)oc45)cccc3c2c1. The molecular weight excluding hydrogens is 516 g/mol. The Morgan fingerprint density at radius 2 is 1.74 bits per heavy atom. The lowest BCUT2D eigenvalue weighted by Gasteiger charge is -2.27. The van der Waals surface area contributed by atoms with E-state index in [-0.39, 0.29) is 18.5 Å². The van der Waals surface area contributed by atoms with Gasteiger partial charge in [0.1, 0.15) is 12.0 Å². The number of para-hydroxylation sites is 1. The molecule has 3 heterocycles. The van der Waals surface area contributed by atoms with Gasteiger partial charge in [0.2, 0.25) is 5.91 Å². The van der Waals surface area contributed by atoms with E-state index in [4.69, 9.17) is 13.9 Å². The number of hydrogen-bond acceptors (Lipinski definition) is 8. The van der Waals surface area contributed by atoms with Gasteiger partial charge < -0.3 is 24.1 Å². The van der Waals surface area contributed by atoms with Crippen LogP contribution < -0.4 is 15.6 Å². The number of esters is 1. The number of anilines is 2. The maximum atomic E-state index is 13.1. The first-order valence-corrected chi connectivity index (χ1v) is 13.6. The lowest BCUT2D eigenvalue weighted by atomic mass is 10.0. The number of nitrogens with zero attached hydrogens (tertiary/aromatic N) is 1. The molecule has 1 N–H and O–H groups in total. The quantitative estimate of drug-likeness (QED) is 0.222. The van der Waals surface area contributed by atoms with E-state index in [9.17, 15) is 14.4 Å². The van der Waals surface area contributed by atoms with E-state index in [0.29, 0.717) is 48.8 Å². The summed E-state index contributed by atoms with van der Waals surface area (Å²) in [6.45, 7) is 4.46. The zero-order valence-corrected chi connectivity index (χ0v) is 22.1. The van der Waals surface area contributed by atoms with Gasteiger partial charge in [-0.1, -0.05) is 30.3 Å². The fraction of sp³-hybridized carbons (Fsp3) is 0.233. The predicted molar refractivity (Wildman–Crippen MR) is 154 cm³/mol. The molecule has 5 aromatic rings. The van der Waals surface area contributed by atoms with Crippen LogP contribution >= 0.6 is 11.3 Å². The molecule has 0 saturated carbocycles. The number of carbonyl (C=O) groups excluding carboxylic acids is 2. The molecule has 0 spiro atoms. The van der Waals surface area contributed by atoms with E-state index >= 15 is 0 Å². The number of carbonyl (C=O) groups is 2. The molecule has 2 aromatic heterocycles. The van der Waals surface area contributed by atoms with E-state index < -0.39 is 11.9 Å². The average Bonchev–Trinajstić information content (AvgIpc) is 3.31.